The molecule has 0 saturated heterocycles. The highest BCUT2D eigenvalue weighted by molar-refractivity contribution is 5.65. The summed E-state index contributed by atoms with van der Waals surface area (Å²) in [4.78, 5) is 0. The van der Waals surface area contributed by atoms with Crippen LogP contribution in [0.25, 0.3) is 0 Å². The highest BCUT2D eigenvalue weighted by Crippen LogP contribution is 2.35. The van der Waals surface area contributed by atoms with Crippen LogP contribution in [-0.4, -0.2) is 15.8 Å². The Hall–Kier alpha value is -1.19. The second-order valence-electron chi connectivity index (χ2n) is 4.53. The lowest BCUT2D eigenvalue weighted by molar-refractivity contribution is 0.602. The molecule has 0 aliphatic heterocycles. The molecule has 15 heavy (non-hydrogen) atoms. The predicted octanol–water partition coefficient (Wildman–Crippen LogP) is 2.00. The normalized spacial score (nSPS) is 24.2. The average Bonchev–Trinajstić information content (AvgIpc) is 2.82. The fraction of sp³-hybridized carbons (Fsp3) is 0.727. The first-order valence-electron chi connectivity index (χ1n) is 5.73. The van der Waals surface area contributed by atoms with Crippen LogP contribution in [0.4, 0.5) is 11.5 Å². The van der Waals surface area contributed by atoms with Crippen molar-refractivity contribution in [2.75, 3.05) is 11.1 Å². The summed E-state index contributed by atoms with van der Waals surface area (Å²) in [5, 5.41) is 7.92. The second-order valence-corrected chi connectivity index (χ2v) is 4.53. The third-order valence-corrected chi connectivity index (χ3v) is 3.04. The first-order chi connectivity index (χ1) is 7.13. The Bertz CT molecular complexity index is 356. The molecule has 0 aromatic carbocycles. The zero-order chi connectivity index (χ0) is 11.0. The molecule has 2 unspecified atom stereocenters. The van der Waals surface area contributed by atoms with E-state index in [1.54, 1.807) is 0 Å². The van der Waals surface area contributed by atoms with Crippen LogP contribution in [0.1, 0.15) is 32.4 Å². The smallest absolute Gasteiger partial charge is 0.148 e. The van der Waals surface area contributed by atoms with Gasteiger partial charge in [0.25, 0.3) is 0 Å². The van der Waals surface area contributed by atoms with Gasteiger partial charge in [-0.1, -0.05) is 13.8 Å². The van der Waals surface area contributed by atoms with Crippen LogP contribution in [0.3, 0.4) is 0 Å². The molecule has 1 fully saturated rings. The Balaban J connectivity index is 2.18. The topological polar surface area (TPSA) is 55.9 Å². The van der Waals surface area contributed by atoms with Crippen molar-refractivity contribution in [1.29, 1.82) is 0 Å². The molecule has 2 rings (SSSR count). The Morgan fingerprint density at radius 1 is 1.60 bits per heavy atom. The number of hydrogen-bond donors (Lipinski definition) is 2. The van der Waals surface area contributed by atoms with Crippen LogP contribution >= 0.6 is 0 Å². The van der Waals surface area contributed by atoms with Gasteiger partial charge in [-0.2, -0.15) is 5.10 Å². The molecule has 2 atom stereocenters. The molecule has 4 nitrogen and oxygen atoms in total. The van der Waals surface area contributed by atoms with Gasteiger partial charge in [0.15, 0.2) is 0 Å². The van der Waals surface area contributed by atoms with E-state index in [0.29, 0.717) is 6.04 Å². The number of rotatable bonds is 4. The highest BCUT2D eigenvalue weighted by atomic mass is 15.3. The molecular weight excluding hydrogens is 188 g/mol. The summed E-state index contributed by atoms with van der Waals surface area (Å²) in [6.07, 6.45) is 2.32. The van der Waals surface area contributed by atoms with Gasteiger partial charge in [-0.3, -0.25) is 0 Å². The van der Waals surface area contributed by atoms with Gasteiger partial charge in [-0.05, 0) is 25.7 Å². The number of nitrogens with zero attached hydrogens (tertiary/aromatic N) is 2. The highest BCUT2D eigenvalue weighted by Gasteiger charge is 2.33. The van der Waals surface area contributed by atoms with Crippen molar-refractivity contribution in [3.05, 3.63) is 5.69 Å². The van der Waals surface area contributed by atoms with Gasteiger partial charge in [-0.25, -0.2) is 4.68 Å². The fourth-order valence-corrected chi connectivity index (χ4v) is 1.82. The quantitative estimate of drug-likeness (QED) is 0.795. The predicted molar refractivity (Wildman–Crippen MR) is 62.9 cm³/mol. The molecule has 1 aliphatic carbocycles. The molecular formula is C11H20N4. The lowest BCUT2D eigenvalue weighted by Crippen LogP contribution is -2.11. The van der Waals surface area contributed by atoms with Crippen LogP contribution in [0.2, 0.25) is 0 Å². The standard InChI is InChI=1S/C11H20N4/c1-4-5-15-11(10(12)8(3)14-15)13-9-6-7(9)2/h7,9,13H,4-6,12H2,1-3H3. The largest absolute Gasteiger partial charge is 0.394 e. The molecule has 0 amide bonds. The molecule has 1 aromatic heterocycles. The lowest BCUT2D eigenvalue weighted by Gasteiger charge is -2.09. The zero-order valence-corrected chi connectivity index (χ0v) is 9.75. The van der Waals surface area contributed by atoms with E-state index in [0.717, 1.165) is 36.1 Å². The Morgan fingerprint density at radius 2 is 2.27 bits per heavy atom. The van der Waals surface area contributed by atoms with Crippen molar-refractivity contribution in [3.63, 3.8) is 0 Å². The monoisotopic (exact) mass is 208 g/mol. The fourth-order valence-electron chi connectivity index (χ4n) is 1.82. The van der Waals surface area contributed by atoms with E-state index >= 15 is 0 Å². The van der Waals surface area contributed by atoms with Crippen LogP contribution in [0.5, 0.6) is 0 Å². The molecule has 1 aromatic rings. The van der Waals surface area contributed by atoms with E-state index in [-0.39, 0.29) is 0 Å². The van der Waals surface area contributed by atoms with Crippen molar-refractivity contribution in [3.8, 4) is 0 Å². The summed E-state index contributed by atoms with van der Waals surface area (Å²) < 4.78 is 2.00. The van der Waals surface area contributed by atoms with E-state index in [4.69, 9.17) is 5.73 Å². The number of anilines is 2. The number of aryl methyl sites for hydroxylation is 2. The van der Waals surface area contributed by atoms with Crippen LogP contribution in [0.15, 0.2) is 0 Å². The molecule has 3 N–H and O–H groups in total. The van der Waals surface area contributed by atoms with Crippen molar-refractivity contribution >= 4 is 11.5 Å². The number of hydrogen-bond acceptors (Lipinski definition) is 3. The van der Waals surface area contributed by atoms with Gasteiger partial charge >= 0.3 is 0 Å². The average molecular weight is 208 g/mol. The second kappa shape index (κ2) is 3.76. The Labute approximate surface area is 90.8 Å². The van der Waals surface area contributed by atoms with Gasteiger partial charge < -0.3 is 11.1 Å². The molecule has 84 valence electrons. The maximum Gasteiger partial charge on any atom is 0.148 e. The third kappa shape index (κ3) is 1.94. The van der Waals surface area contributed by atoms with E-state index in [9.17, 15) is 0 Å². The van der Waals surface area contributed by atoms with Crippen molar-refractivity contribution < 1.29 is 0 Å². The number of aromatic nitrogens is 2. The van der Waals surface area contributed by atoms with Gasteiger partial charge in [-0.15, -0.1) is 0 Å². The van der Waals surface area contributed by atoms with Crippen molar-refractivity contribution in [2.45, 2.75) is 46.2 Å². The van der Waals surface area contributed by atoms with Gasteiger partial charge in [0.1, 0.15) is 5.82 Å². The van der Waals surface area contributed by atoms with Crippen LogP contribution in [-0.2, 0) is 6.54 Å². The summed E-state index contributed by atoms with van der Waals surface area (Å²) in [7, 11) is 0. The number of nitrogens with two attached hydrogens (primary N) is 1. The molecule has 1 aliphatic rings. The summed E-state index contributed by atoms with van der Waals surface area (Å²) in [5.74, 6) is 1.79. The minimum absolute atomic E-state index is 0.596. The summed E-state index contributed by atoms with van der Waals surface area (Å²) in [6.45, 7) is 7.29. The van der Waals surface area contributed by atoms with Crippen LogP contribution < -0.4 is 11.1 Å². The number of nitrogen functional groups attached to an aromatic ring is 1. The summed E-state index contributed by atoms with van der Waals surface area (Å²) in [5.41, 5.74) is 7.75. The minimum atomic E-state index is 0.596. The minimum Gasteiger partial charge on any atom is -0.394 e. The molecule has 1 heterocycles. The lowest BCUT2D eigenvalue weighted by atomic mass is 10.3. The number of nitrogens with one attached hydrogen (secondary N) is 1. The van der Waals surface area contributed by atoms with Gasteiger partial charge in [0, 0.05) is 12.6 Å². The van der Waals surface area contributed by atoms with Gasteiger partial charge in [0.2, 0.25) is 0 Å². The van der Waals surface area contributed by atoms with Crippen LogP contribution in [0, 0.1) is 12.8 Å². The first-order valence-corrected chi connectivity index (χ1v) is 5.73. The third-order valence-electron chi connectivity index (χ3n) is 3.04. The molecule has 4 heteroatoms. The SMILES string of the molecule is CCCn1nc(C)c(N)c1NC1CC1C. The van der Waals surface area contributed by atoms with Gasteiger partial charge in [0.05, 0.1) is 11.4 Å². The van der Waals surface area contributed by atoms with Crippen molar-refractivity contribution in [1.82, 2.24) is 9.78 Å². The van der Waals surface area contributed by atoms with E-state index in [2.05, 4.69) is 24.3 Å². The summed E-state index contributed by atoms with van der Waals surface area (Å²) >= 11 is 0. The Morgan fingerprint density at radius 3 is 2.80 bits per heavy atom. The van der Waals surface area contributed by atoms with E-state index < -0.39 is 0 Å². The molecule has 1 saturated carbocycles. The molecule has 0 spiro atoms. The zero-order valence-electron chi connectivity index (χ0n) is 9.75. The summed E-state index contributed by atoms with van der Waals surface area (Å²) in [6, 6.07) is 0.596. The maximum absolute atomic E-state index is 6.01. The van der Waals surface area contributed by atoms with Crippen molar-refractivity contribution in [2.24, 2.45) is 5.92 Å². The first kappa shape index (κ1) is 10.3. The molecule has 0 radical (unpaired) electrons. The van der Waals surface area contributed by atoms with E-state index in [1.807, 2.05) is 11.6 Å². The Kier molecular flexibility index (Phi) is 2.59. The maximum atomic E-state index is 6.01. The molecule has 0 bridgehead atoms. The van der Waals surface area contributed by atoms with E-state index in [1.165, 1.54) is 6.42 Å².